The molecule has 1 aliphatic heterocycles. The number of phenols is 2. The molecule has 22 heavy (non-hydrogen) atoms. The highest BCUT2D eigenvalue weighted by Gasteiger charge is 2.45. The molecule has 3 N–H and O–H groups in total. The number of rotatable bonds is 3. The van der Waals surface area contributed by atoms with E-state index >= 15 is 0 Å². The fraction of sp³-hybridized carbons (Fsp3) is 0.222. The van der Waals surface area contributed by atoms with Gasteiger partial charge in [0, 0.05) is 12.0 Å². The van der Waals surface area contributed by atoms with Crippen LogP contribution in [0.5, 0.6) is 17.2 Å². The third-order valence-corrected chi connectivity index (χ3v) is 4.08. The Labute approximate surface area is 128 Å². The average Bonchev–Trinajstić information content (AvgIpc) is 2.48. The van der Waals surface area contributed by atoms with E-state index in [1.807, 2.05) is 18.2 Å². The first-order valence-corrected chi connectivity index (χ1v) is 7.17. The van der Waals surface area contributed by atoms with Crippen molar-refractivity contribution in [3.8, 4) is 17.2 Å². The summed E-state index contributed by atoms with van der Waals surface area (Å²) in [7, 11) is 0. The van der Waals surface area contributed by atoms with Crippen molar-refractivity contribution in [1.82, 2.24) is 0 Å². The zero-order valence-corrected chi connectivity index (χ0v) is 12.1. The second kappa shape index (κ2) is 5.39. The van der Waals surface area contributed by atoms with E-state index in [1.165, 1.54) is 18.2 Å². The molecule has 0 radical (unpaired) electrons. The Bertz CT molecular complexity index is 710. The average molecular weight is 298 g/mol. The van der Waals surface area contributed by atoms with Crippen molar-refractivity contribution >= 4 is 0 Å². The minimum absolute atomic E-state index is 0.0682. The predicted molar refractivity (Wildman–Crippen MR) is 82.7 cm³/mol. The largest absolute Gasteiger partial charge is 0.508 e. The summed E-state index contributed by atoms with van der Waals surface area (Å²) < 4.78 is 5.86. The molecule has 114 valence electrons. The zero-order valence-electron chi connectivity index (χ0n) is 12.1. The maximum Gasteiger partial charge on any atom is 0.241 e. The van der Waals surface area contributed by atoms with Crippen molar-refractivity contribution in [2.45, 2.75) is 18.6 Å². The Kier molecular flexibility index (Phi) is 3.54. The monoisotopic (exact) mass is 298 g/mol. The molecular formula is C18H18O4. The Balaban J connectivity index is 2.10. The molecule has 0 spiro atoms. The van der Waals surface area contributed by atoms with Gasteiger partial charge in [-0.05, 0) is 36.6 Å². The second-order valence-electron chi connectivity index (χ2n) is 5.53. The van der Waals surface area contributed by atoms with Crippen LogP contribution < -0.4 is 4.74 Å². The SMILES string of the molecule is C=CCC1Cc2ccccc2OC1(O)c1ccc(O)cc1O. The summed E-state index contributed by atoms with van der Waals surface area (Å²) in [5.74, 6) is -1.62. The number of para-hydroxylation sites is 1. The van der Waals surface area contributed by atoms with Crippen LogP contribution in [0.2, 0.25) is 0 Å². The van der Waals surface area contributed by atoms with E-state index < -0.39 is 5.79 Å². The molecule has 3 rings (SSSR count). The molecule has 0 aromatic heterocycles. The van der Waals surface area contributed by atoms with E-state index in [2.05, 4.69) is 6.58 Å². The van der Waals surface area contributed by atoms with E-state index in [0.29, 0.717) is 18.6 Å². The van der Waals surface area contributed by atoms with Crippen molar-refractivity contribution in [2.24, 2.45) is 5.92 Å². The van der Waals surface area contributed by atoms with E-state index in [4.69, 9.17) is 4.74 Å². The molecule has 4 heteroatoms. The van der Waals surface area contributed by atoms with Gasteiger partial charge in [0.1, 0.15) is 17.2 Å². The minimum Gasteiger partial charge on any atom is -0.508 e. The van der Waals surface area contributed by atoms with Gasteiger partial charge in [0.25, 0.3) is 0 Å². The molecule has 1 heterocycles. The number of ether oxygens (including phenoxy) is 1. The summed E-state index contributed by atoms with van der Waals surface area (Å²) in [6.45, 7) is 3.74. The molecule has 2 aromatic rings. The van der Waals surface area contributed by atoms with Gasteiger partial charge in [0.2, 0.25) is 5.79 Å². The van der Waals surface area contributed by atoms with E-state index in [1.54, 1.807) is 12.1 Å². The first-order valence-electron chi connectivity index (χ1n) is 7.17. The number of aliphatic hydroxyl groups is 1. The van der Waals surface area contributed by atoms with Crippen molar-refractivity contribution < 1.29 is 20.1 Å². The molecule has 0 aliphatic carbocycles. The second-order valence-corrected chi connectivity index (χ2v) is 5.53. The van der Waals surface area contributed by atoms with E-state index in [-0.39, 0.29) is 23.0 Å². The molecule has 2 aromatic carbocycles. The normalized spacial score (nSPS) is 23.4. The van der Waals surface area contributed by atoms with Crippen LogP contribution in [0.1, 0.15) is 17.5 Å². The summed E-state index contributed by atoms with van der Waals surface area (Å²) >= 11 is 0. The number of phenolic OH excluding ortho intramolecular Hbond substituents is 2. The number of fused-ring (bicyclic) bond motifs is 1. The maximum atomic E-state index is 11.1. The van der Waals surface area contributed by atoms with E-state index in [0.717, 1.165) is 5.56 Å². The summed E-state index contributed by atoms with van der Waals surface area (Å²) in [6.07, 6.45) is 2.87. The topological polar surface area (TPSA) is 69.9 Å². The van der Waals surface area contributed by atoms with E-state index in [9.17, 15) is 15.3 Å². The molecule has 1 aliphatic rings. The molecule has 0 bridgehead atoms. The lowest BCUT2D eigenvalue weighted by Crippen LogP contribution is -2.44. The van der Waals surface area contributed by atoms with Gasteiger partial charge >= 0.3 is 0 Å². The number of allylic oxidation sites excluding steroid dienone is 1. The molecular weight excluding hydrogens is 280 g/mol. The first kappa shape index (κ1) is 14.5. The van der Waals surface area contributed by atoms with Crippen LogP contribution >= 0.6 is 0 Å². The van der Waals surface area contributed by atoms with Crippen LogP contribution in [0.4, 0.5) is 0 Å². The molecule has 0 fully saturated rings. The minimum atomic E-state index is -1.67. The number of hydrogen-bond donors (Lipinski definition) is 3. The summed E-state index contributed by atoms with van der Waals surface area (Å²) in [6, 6.07) is 11.6. The Morgan fingerprint density at radius 2 is 2.00 bits per heavy atom. The number of aromatic hydroxyl groups is 2. The predicted octanol–water partition coefficient (Wildman–Crippen LogP) is 3.07. The van der Waals surface area contributed by atoms with Crippen LogP contribution in [0.15, 0.2) is 55.1 Å². The fourth-order valence-electron chi connectivity index (χ4n) is 2.97. The third kappa shape index (κ3) is 2.31. The Hall–Kier alpha value is -2.46. The van der Waals surface area contributed by atoms with Gasteiger partial charge in [0.15, 0.2) is 0 Å². The van der Waals surface area contributed by atoms with Gasteiger partial charge in [-0.1, -0.05) is 24.3 Å². The molecule has 2 unspecified atom stereocenters. The smallest absolute Gasteiger partial charge is 0.241 e. The van der Waals surface area contributed by atoms with Crippen molar-refractivity contribution in [1.29, 1.82) is 0 Å². The highest BCUT2D eigenvalue weighted by molar-refractivity contribution is 5.45. The van der Waals surface area contributed by atoms with Gasteiger partial charge in [0.05, 0.1) is 5.56 Å². The van der Waals surface area contributed by atoms with Crippen LogP contribution in [0, 0.1) is 5.92 Å². The summed E-state index contributed by atoms with van der Waals surface area (Å²) in [5.41, 5.74) is 1.25. The van der Waals surface area contributed by atoms with Gasteiger partial charge in [-0.2, -0.15) is 0 Å². The molecule has 0 saturated carbocycles. The Morgan fingerprint density at radius 1 is 1.23 bits per heavy atom. The van der Waals surface area contributed by atoms with Crippen molar-refractivity contribution in [2.75, 3.05) is 0 Å². The maximum absolute atomic E-state index is 11.1. The lowest BCUT2D eigenvalue weighted by atomic mass is 9.81. The van der Waals surface area contributed by atoms with Gasteiger partial charge in [-0.15, -0.1) is 6.58 Å². The van der Waals surface area contributed by atoms with Crippen molar-refractivity contribution in [3.63, 3.8) is 0 Å². The number of benzene rings is 2. The molecule has 0 saturated heterocycles. The number of hydrogen-bond acceptors (Lipinski definition) is 4. The lowest BCUT2D eigenvalue weighted by Gasteiger charge is -2.41. The summed E-state index contributed by atoms with van der Waals surface area (Å²) in [4.78, 5) is 0. The highest BCUT2D eigenvalue weighted by atomic mass is 16.6. The van der Waals surface area contributed by atoms with Gasteiger partial charge in [-0.3, -0.25) is 0 Å². The fourth-order valence-corrected chi connectivity index (χ4v) is 2.97. The van der Waals surface area contributed by atoms with Crippen molar-refractivity contribution in [3.05, 3.63) is 66.2 Å². The van der Waals surface area contributed by atoms with Crippen LogP contribution in [0.3, 0.4) is 0 Å². The summed E-state index contributed by atoms with van der Waals surface area (Å²) in [5, 5.41) is 30.7. The lowest BCUT2D eigenvalue weighted by molar-refractivity contribution is -0.196. The standard InChI is InChI=1S/C18H18O4/c1-2-5-13-10-12-6-3-4-7-17(12)22-18(13,21)15-9-8-14(19)11-16(15)20/h2-4,6-9,11,13,19-21H,1,5,10H2. The Morgan fingerprint density at radius 3 is 2.73 bits per heavy atom. The zero-order chi connectivity index (χ0) is 15.7. The highest BCUT2D eigenvalue weighted by Crippen LogP contribution is 2.46. The quantitative estimate of drug-likeness (QED) is 0.762. The molecule has 0 amide bonds. The van der Waals surface area contributed by atoms with Crippen LogP contribution in [-0.2, 0) is 12.2 Å². The molecule has 2 atom stereocenters. The van der Waals surface area contributed by atoms with Gasteiger partial charge < -0.3 is 20.1 Å². The van der Waals surface area contributed by atoms with Crippen LogP contribution in [-0.4, -0.2) is 15.3 Å². The van der Waals surface area contributed by atoms with Crippen LogP contribution in [0.25, 0.3) is 0 Å². The third-order valence-electron chi connectivity index (χ3n) is 4.08. The van der Waals surface area contributed by atoms with Gasteiger partial charge in [-0.25, -0.2) is 0 Å². The molecule has 4 nitrogen and oxygen atoms in total. The first-order chi connectivity index (χ1) is 10.5.